The topological polar surface area (TPSA) is 43.3 Å². The molecule has 0 unspecified atom stereocenters. The van der Waals surface area contributed by atoms with Crippen LogP contribution in [0.3, 0.4) is 0 Å². The second-order valence-corrected chi connectivity index (χ2v) is 6.46. The van der Waals surface area contributed by atoms with Gasteiger partial charge in [0.1, 0.15) is 0 Å². The standard InChI is InChI=1S/C17H26N2O2/c20-17(18-16-7-10-21-11-8-16)15-6-9-19(13-15)12-14-4-2-1-3-5-14/h6,9,13-14,16H,1-5,7-8,10-12H2,(H,18,20). The minimum absolute atomic E-state index is 0.0595. The van der Waals surface area contributed by atoms with E-state index in [2.05, 4.69) is 9.88 Å². The fraction of sp³-hybridized carbons (Fsp3) is 0.706. The van der Waals surface area contributed by atoms with Gasteiger partial charge in [0.05, 0.1) is 5.56 Å². The number of carbonyl (C=O) groups excluding carboxylic acids is 1. The van der Waals surface area contributed by atoms with Gasteiger partial charge in [0.25, 0.3) is 5.91 Å². The lowest BCUT2D eigenvalue weighted by atomic mass is 9.89. The zero-order valence-electron chi connectivity index (χ0n) is 12.7. The van der Waals surface area contributed by atoms with Crippen LogP contribution in [-0.2, 0) is 11.3 Å². The van der Waals surface area contributed by atoms with Crippen LogP contribution in [0.5, 0.6) is 0 Å². The zero-order valence-corrected chi connectivity index (χ0v) is 12.7. The molecule has 1 saturated carbocycles. The van der Waals surface area contributed by atoms with E-state index in [-0.39, 0.29) is 11.9 Å². The monoisotopic (exact) mass is 290 g/mol. The van der Waals surface area contributed by atoms with Gasteiger partial charge in [-0.1, -0.05) is 19.3 Å². The predicted octanol–water partition coefficient (Wildman–Crippen LogP) is 2.98. The maximum absolute atomic E-state index is 12.3. The number of carbonyl (C=O) groups is 1. The molecular formula is C17H26N2O2. The van der Waals surface area contributed by atoms with E-state index in [1.807, 2.05) is 18.5 Å². The number of nitrogens with zero attached hydrogens (tertiary/aromatic N) is 1. The van der Waals surface area contributed by atoms with Gasteiger partial charge < -0.3 is 14.6 Å². The van der Waals surface area contributed by atoms with Gasteiger partial charge in [-0.05, 0) is 37.7 Å². The SMILES string of the molecule is O=C(NC1CCOCC1)c1ccn(CC2CCCCC2)c1. The largest absolute Gasteiger partial charge is 0.381 e. The number of aromatic nitrogens is 1. The van der Waals surface area contributed by atoms with Crippen LogP contribution in [-0.4, -0.2) is 29.7 Å². The first-order chi connectivity index (χ1) is 10.3. The average molecular weight is 290 g/mol. The van der Waals surface area contributed by atoms with Gasteiger partial charge in [-0.15, -0.1) is 0 Å². The molecule has 2 fully saturated rings. The number of amides is 1. The molecular weight excluding hydrogens is 264 g/mol. The molecule has 1 amide bonds. The maximum atomic E-state index is 12.3. The van der Waals surface area contributed by atoms with Crippen molar-refractivity contribution in [1.29, 1.82) is 0 Å². The smallest absolute Gasteiger partial charge is 0.253 e. The first-order valence-electron chi connectivity index (χ1n) is 8.35. The Morgan fingerprint density at radius 1 is 1.19 bits per heavy atom. The highest BCUT2D eigenvalue weighted by Crippen LogP contribution is 2.25. The summed E-state index contributed by atoms with van der Waals surface area (Å²) in [7, 11) is 0. The van der Waals surface area contributed by atoms with E-state index in [1.165, 1.54) is 32.1 Å². The summed E-state index contributed by atoms with van der Waals surface area (Å²) in [4.78, 5) is 12.3. The Bertz CT molecular complexity index is 457. The van der Waals surface area contributed by atoms with Crippen molar-refractivity contribution in [3.8, 4) is 0 Å². The molecule has 1 aromatic rings. The molecule has 1 aliphatic carbocycles. The average Bonchev–Trinajstić information content (AvgIpc) is 2.98. The summed E-state index contributed by atoms with van der Waals surface area (Å²) in [5, 5.41) is 3.12. The minimum Gasteiger partial charge on any atom is -0.381 e. The van der Waals surface area contributed by atoms with Crippen LogP contribution >= 0.6 is 0 Å². The van der Waals surface area contributed by atoms with Crippen LogP contribution in [0.15, 0.2) is 18.5 Å². The molecule has 21 heavy (non-hydrogen) atoms. The number of hydrogen-bond donors (Lipinski definition) is 1. The Hall–Kier alpha value is -1.29. The van der Waals surface area contributed by atoms with Gasteiger partial charge in [-0.2, -0.15) is 0 Å². The van der Waals surface area contributed by atoms with Crippen LogP contribution in [0.1, 0.15) is 55.3 Å². The summed E-state index contributed by atoms with van der Waals surface area (Å²) in [5.74, 6) is 0.849. The van der Waals surface area contributed by atoms with Crippen molar-refractivity contribution in [2.24, 2.45) is 5.92 Å². The van der Waals surface area contributed by atoms with Gasteiger partial charge >= 0.3 is 0 Å². The molecule has 0 radical (unpaired) electrons. The van der Waals surface area contributed by atoms with Gasteiger partial charge in [-0.25, -0.2) is 0 Å². The van der Waals surface area contributed by atoms with Crippen molar-refractivity contribution < 1.29 is 9.53 Å². The molecule has 2 heterocycles. The Labute approximate surface area is 126 Å². The maximum Gasteiger partial charge on any atom is 0.253 e. The molecule has 1 saturated heterocycles. The number of ether oxygens (including phenoxy) is 1. The lowest BCUT2D eigenvalue weighted by Gasteiger charge is -2.23. The highest BCUT2D eigenvalue weighted by atomic mass is 16.5. The Morgan fingerprint density at radius 2 is 1.95 bits per heavy atom. The lowest BCUT2D eigenvalue weighted by molar-refractivity contribution is 0.0696. The van der Waals surface area contributed by atoms with Gasteiger partial charge in [-0.3, -0.25) is 4.79 Å². The zero-order chi connectivity index (χ0) is 14.5. The molecule has 0 spiro atoms. The van der Waals surface area contributed by atoms with E-state index in [1.54, 1.807) is 0 Å². The number of nitrogens with one attached hydrogen (secondary N) is 1. The van der Waals surface area contributed by atoms with Crippen LogP contribution in [0, 0.1) is 5.92 Å². The molecule has 3 rings (SSSR count). The molecule has 0 atom stereocenters. The van der Waals surface area contributed by atoms with E-state index < -0.39 is 0 Å². The lowest BCUT2D eigenvalue weighted by Crippen LogP contribution is -2.38. The molecule has 0 bridgehead atoms. The third-order valence-electron chi connectivity index (χ3n) is 4.76. The van der Waals surface area contributed by atoms with Crippen molar-refractivity contribution in [2.75, 3.05) is 13.2 Å². The number of hydrogen-bond acceptors (Lipinski definition) is 2. The first-order valence-corrected chi connectivity index (χ1v) is 8.35. The van der Waals surface area contributed by atoms with Gasteiger partial charge in [0.2, 0.25) is 0 Å². The van der Waals surface area contributed by atoms with Crippen molar-refractivity contribution in [1.82, 2.24) is 9.88 Å². The van der Waals surface area contributed by atoms with Crippen LogP contribution in [0.25, 0.3) is 0 Å². The minimum atomic E-state index is 0.0595. The molecule has 1 N–H and O–H groups in total. The quantitative estimate of drug-likeness (QED) is 0.926. The van der Waals surface area contributed by atoms with Gasteiger partial charge in [0.15, 0.2) is 0 Å². The summed E-state index contributed by atoms with van der Waals surface area (Å²) in [5.41, 5.74) is 0.789. The van der Waals surface area contributed by atoms with Crippen molar-refractivity contribution >= 4 is 5.91 Å². The van der Waals surface area contributed by atoms with E-state index >= 15 is 0 Å². The molecule has 0 aromatic carbocycles. The van der Waals surface area contributed by atoms with E-state index in [4.69, 9.17) is 4.74 Å². The van der Waals surface area contributed by atoms with Crippen molar-refractivity contribution in [3.63, 3.8) is 0 Å². The normalized spacial score (nSPS) is 21.3. The fourth-order valence-corrected chi connectivity index (χ4v) is 3.47. The van der Waals surface area contributed by atoms with E-state index in [0.717, 1.165) is 44.1 Å². The van der Waals surface area contributed by atoms with E-state index in [9.17, 15) is 4.79 Å². The second kappa shape index (κ2) is 7.12. The summed E-state index contributed by atoms with van der Waals surface area (Å²) >= 11 is 0. The summed E-state index contributed by atoms with van der Waals surface area (Å²) in [6.07, 6.45) is 12.7. The summed E-state index contributed by atoms with van der Waals surface area (Å²) < 4.78 is 7.51. The van der Waals surface area contributed by atoms with Crippen molar-refractivity contribution in [3.05, 3.63) is 24.0 Å². The first kappa shape index (κ1) is 14.6. The Balaban J connectivity index is 1.52. The molecule has 1 aliphatic heterocycles. The second-order valence-electron chi connectivity index (χ2n) is 6.46. The fourth-order valence-electron chi connectivity index (χ4n) is 3.47. The highest BCUT2D eigenvalue weighted by Gasteiger charge is 2.18. The predicted molar refractivity (Wildman–Crippen MR) is 82.3 cm³/mol. The van der Waals surface area contributed by atoms with Crippen molar-refractivity contribution in [2.45, 2.75) is 57.5 Å². The van der Waals surface area contributed by atoms with E-state index in [0.29, 0.717) is 0 Å². The Morgan fingerprint density at radius 3 is 2.71 bits per heavy atom. The Kier molecular flexibility index (Phi) is 4.96. The third kappa shape index (κ3) is 4.10. The highest BCUT2D eigenvalue weighted by molar-refractivity contribution is 5.94. The number of rotatable bonds is 4. The van der Waals surface area contributed by atoms with Crippen LogP contribution < -0.4 is 5.32 Å². The summed E-state index contributed by atoms with van der Waals surface area (Å²) in [6.45, 7) is 2.58. The van der Waals surface area contributed by atoms with Gasteiger partial charge in [0, 0.05) is 38.2 Å². The molecule has 4 nitrogen and oxygen atoms in total. The molecule has 2 aliphatic rings. The molecule has 4 heteroatoms. The summed E-state index contributed by atoms with van der Waals surface area (Å²) in [6, 6.07) is 2.21. The van der Waals surface area contributed by atoms with Crippen LogP contribution in [0.4, 0.5) is 0 Å². The van der Waals surface area contributed by atoms with Crippen LogP contribution in [0.2, 0.25) is 0 Å². The third-order valence-corrected chi connectivity index (χ3v) is 4.76. The molecule has 1 aromatic heterocycles. The molecule has 116 valence electrons.